The normalized spacial score (nSPS) is 22.6. The molecule has 4 aliphatic rings. The van der Waals surface area contributed by atoms with Crippen LogP contribution in [0.15, 0.2) is 48.5 Å². The van der Waals surface area contributed by atoms with Crippen molar-refractivity contribution in [3.63, 3.8) is 0 Å². The van der Waals surface area contributed by atoms with Crippen LogP contribution in [0, 0.1) is 0 Å². The molecule has 0 N–H and O–H groups in total. The fraction of sp³-hybridized carbons (Fsp3) is 0.676. The Kier molecular flexibility index (Phi) is 9.49. The smallest absolute Gasteiger partial charge is 0.0371 e. The summed E-state index contributed by atoms with van der Waals surface area (Å²) >= 11 is 0. The van der Waals surface area contributed by atoms with E-state index in [9.17, 15) is 0 Å². The Morgan fingerprint density at radius 3 is 0.872 bits per heavy atom. The zero-order chi connectivity index (χ0) is 26.3. The molecule has 2 aromatic rings. The molecule has 0 heterocycles. The molecule has 2 heteroatoms. The van der Waals surface area contributed by atoms with E-state index in [0.717, 1.165) is 30.6 Å². The predicted molar refractivity (Wildman–Crippen MR) is 168 cm³/mol. The van der Waals surface area contributed by atoms with Crippen LogP contribution >= 0.6 is 0 Å². The Morgan fingerprint density at radius 1 is 0.359 bits per heavy atom. The van der Waals surface area contributed by atoms with Gasteiger partial charge in [0.15, 0.2) is 0 Å². The van der Waals surface area contributed by atoms with Gasteiger partial charge in [0.1, 0.15) is 0 Å². The van der Waals surface area contributed by atoms with Gasteiger partial charge in [0, 0.05) is 35.5 Å². The molecule has 0 saturated heterocycles. The van der Waals surface area contributed by atoms with E-state index in [1.807, 2.05) is 0 Å². The molecule has 0 amide bonds. The maximum absolute atomic E-state index is 2.88. The molecule has 4 aliphatic carbocycles. The third-order valence-corrected chi connectivity index (χ3v) is 10.7. The highest BCUT2D eigenvalue weighted by Crippen LogP contribution is 2.36. The van der Waals surface area contributed by atoms with Gasteiger partial charge in [-0.2, -0.15) is 0 Å². The average Bonchev–Trinajstić information content (AvgIpc) is 3.01. The summed E-state index contributed by atoms with van der Waals surface area (Å²) in [5, 5.41) is 0. The molecule has 212 valence electrons. The molecule has 6 rings (SSSR count). The molecule has 4 saturated carbocycles. The predicted octanol–water partition coefficient (Wildman–Crippen LogP) is 10.2. The zero-order valence-electron chi connectivity index (χ0n) is 24.7. The van der Waals surface area contributed by atoms with Gasteiger partial charge in [0.2, 0.25) is 0 Å². The summed E-state index contributed by atoms with van der Waals surface area (Å²) in [6.07, 6.45) is 29.3. The van der Waals surface area contributed by atoms with Crippen LogP contribution in [0.3, 0.4) is 0 Å². The van der Waals surface area contributed by atoms with Crippen LogP contribution in [0.4, 0.5) is 11.4 Å². The second-order valence-corrected chi connectivity index (χ2v) is 13.5. The summed E-state index contributed by atoms with van der Waals surface area (Å²) in [6, 6.07) is 22.6. The molecule has 4 fully saturated rings. The van der Waals surface area contributed by atoms with Crippen molar-refractivity contribution >= 4 is 11.4 Å². The van der Waals surface area contributed by atoms with Crippen molar-refractivity contribution in [1.82, 2.24) is 0 Å². The molecule has 2 nitrogen and oxygen atoms in total. The van der Waals surface area contributed by atoms with Gasteiger partial charge in [-0.1, -0.05) is 101 Å². The Morgan fingerprint density at radius 2 is 0.615 bits per heavy atom. The van der Waals surface area contributed by atoms with E-state index >= 15 is 0 Å². The SMILES string of the molecule is c1cc(N(C2CCCCC2)C2CCCCC2)ccc1Cc1ccc(N(C2CCCCC2)C2CCCCC2)cc1. The summed E-state index contributed by atoms with van der Waals surface area (Å²) in [5.41, 5.74) is 5.89. The number of nitrogens with zero attached hydrogens (tertiary/aromatic N) is 2. The number of hydrogen-bond donors (Lipinski definition) is 0. The lowest BCUT2D eigenvalue weighted by atomic mass is 9.88. The van der Waals surface area contributed by atoms with Crippen LogP contribution in [0.2, 0.25) is 0 Å². The monoisotopic (exact) mass is 526 g/mol. The minimum atomic E-state index is 0.761. The Bertz CT molecular complexity index is 854. The lowest BCUT2D eigenvalue weighted by molar-refractivity contribution is 0.340. The van der Waals surface area contributed by atoms with E-state index in [2.05, 4.69) is 58.3 Å². The molecule has 0 radical (unpaired) electrons. The van der Waals surface area contributed by atoms with Crippen LogP contribution < -0.4 is 9.80 Å². The Hall–Kier alpha value is -1.96. The molecule has 0 aliphatic heterocycles. The van der Waals surface area contributed by atoms with Crippen LogP contribution in [0.5, 0.6) is 0 Å². The third kappa shape index (κ3) is 6.86. The van der Waals surface area contributed by atoms with E-state index < -0.39 is 0 Å². The molecule has 2 aromatic carbocycles. The second kappa shape index (κ2) is 13.6. The van der Waals surface area contributed by atoms with Gasteiger partial charge in [-0.25, -0.2) is 0 Å². The van der Waals surface area contributed by atoms with Crippen LogP contribution in [-0.2, 0) is 6.42 Å². The van der Waals surface area contributed by atoms with E-state index in [-0.39, 0.29) is 0 Å². The van der Waals surface area contributed by atoms with Gasteiger partial charge in [0.05, 0.1) is 0 Å². The first kappa shape index (κ1) is 27.2. The quantitative estimate of drug-likeness (QED) is 0.337. The number of benzene rings is 2. The standard InChI is InChI=1S/C37H54N2/c1-5-13-32(14-6-1)38(33-15-7-2-8-16-33)36-25-21-30(22-26-36)29-31-23-27-37(28-24-31)39(34-17-9-3-10-18-34)35-19-11-4-12-20-35/h21-28,32-35H,1-20,29H2. The lowest BCUT2D eigenvalue weighted by Gasteiger charge is -2.43. The highest BCUT2D eigenvalue weighted by molar-refractivity contribution is 5.52. The van der Waals surface area contributed by atoms with Gasteiger partial charge in [0.25, 0.3) is 0 Å². The second-order valence-electron chi connectivity index (χ2n) is 13.5. The van der Waals surface area contributed by atoms with Gasteiger partial charge in [-0.3, -0.25) is 0 Å². The van der Waals surface area contributed by atoms with E-state index in [4.69, 9.17) is 0 Å². The van der Waals surface area contributed by atoms with Crippen LogP contribution in [0.25, 0.3) is 0 Å². The Labute approximate surface area is 239 Å². The number of hydrogen-bond acceptors (Lipinski definition) is 2. The number of rotatable bonds is 8. The van der Waals surface area contributed by atoms with E-state index in [1.165, 1.54) is 151 Å². The molecule has 0 atom stereocenters. The fourth-order valence-electron chi connectivity index (χ4n) is 8.68. The molecular weight excluding hydrogens is 472 g/mol. The summed E-state index contributed by atoms with van der Waals surface area (Å²) in [6.45, 7) is 0. The fourth-order valence-corrected chi connectivity index (χ4v) is 8.68. The molecule has 39 heavy (non-hydrogen) atoms. The topological polar surface area (TPSA) is 6.48 Å². The largest absolute Gasteiger partial charge is 0.366 e. The van der Waals surface area contributed by atoms with Crippen molar-refractivity contribution in [2.24, 2.45) is 0 Å². The van der Waals surface area contributed by atoms with E-state index in [0.29, 0.717) is 0 Å². The summed E-state index contributed by atoms with van der Waals surface area (Å²) in [4.78, 5) is 5.75. The van der Waals surface area contributed by atoms with Gasteiger partial charge < -0.3 is 9.80 Å². The lowest BCUT2D eigenvalue weighted by Crippen LogP contribution is -2.45. The summed E-state index contributed by atoms with van der Waals surface area (Å²) in [7, 11) is 0. The average molecular weight is 527 g/mol. The van der Waals surface area contributed by atoms with Crippen molar-refractivity contribution in [1.29, 1.82) is 0 Å². The summed E-state index contributed by atoms with van der Waals surface area (Å²) in [5.74, 6) is 0. The molecule has 0 unspecified atom stereocenters. The highest BCUT2D eigenvalue weighted by atomic mass is 15.2. The molecule has 0 spiro atoms. The maximum Gasteiger partial charge on any atom is 0.0371 e. The highest BCUT2D eigenvalue weighted by Gasteiger charge is 2.30. The Balaban J connectivity index is 1.14. The van der Waals surface area contributed by atoms with Crippen molar-refractivity contribution in [2.75, 3.05) is 9.80 Å². The van der Waals surface area contributed by atoms with Crippen LogP contribution in [-0.4, -0.2) is 24.2 Å². The summed E-state index contributed by atoms with van der Waals surface area (Å²) < 4.78 is 0. The first-order valence-electron chi connectivity index (χ1n) is 17.1. The van der Waals surface area contributed by atoms with Gasteiger partial charge in [-0.05, 0) is 93.2 Å². The molecule has 0 bridgehead atoms. The molecule has 0 aromatic heterocycles. The minimum Gasteiger partial charge on any atom is -0.366 e. The maximum atomic E-state index is 2.88. The zero-order valence-corrected chi connectivity index (χ0v) is 24.7. The number of anilines is 2. The molecular formula is C37H54N2. The first-order chi connectivity index (χ1) is 19.3. The minimum absolute atomic E-state index is 0.761. The van der Waals surface area contributed by atoms with Gasteiger partial charge in [-0.15, -0.1) is 0 Å². The van der Waals surface area contributed by atoms with Gasteiger partial charge >= 0.3 is 0 Å². The van der Waals surface area contributed by atoms with Crippen molar-refractivity contribution in [3.05, 3.63) is 59.7 Å². The van der Waals surface area contributed by atoms with E-state index in [1.54, 1.807) is 0 Å². The van der Waals surface area contributed by atoms with Crippen LogP contribution in [0.1, 0.15) is 140 Å². The van der Waals surface area contributed by atoms with Crippen molar-refractivity contribution in [2.45, 2.75) is 159 Å². The van der Waals surface area contributed by atoms with Crippen molar-refractivity contribution < 1.29 is 0 Å². The third-order valence-electron chi connectivity index (χ3n) is 10.7. The first-order valence-corrected chi connectivity index (χ1v) is 17.1. The van der Waals surface area contributed by atoms with Crippen molar-refractivity contribution in [3.8, 4) is 0 Å².